The highest BCUT2D eigenvalue weighted by atomic mass is 16.3. The monoisotopic (exact) mass is 281 g/mol. The van der Waals surface area contributed by atoms with Gasteiger partial charge in [-0.15, -0.1) is 6.42 Å². The second-order valence-corrected chi connectivity index (χ2v) is 4.85. The number of amides is 1. The molecule has 1 aromatic heterocycles. The first-order valence-electron chi connectivity index (χ1n) is 6.37. The topological polar surface area (TPSA) is 67.6 Å². The van der Waals surface area contributed by atoms with Gasteiger partial charge in [-0.05, 0) is 24.3 Å². The first-order chi connectivity index (χ1) is 10.1. The lowest BCUT2D eigenvalue weighted by atomic mass is 9.75. The number of terminal acetylenes is 1. The van der Waals surface area contributed by atoms with Gasteiger partial charge in [-0.25, -0.2) is 0 Å². The van der Waals surface area contributed by atoms with E-state index in [-0.39, 0.29) is 35.6 Å². The van der Waals surface area contributed by atoms with Crippen molar-refractivity contribution in [1.29, 1.82) is 0 Å². The van der Waals surface area contributed by atoms with Gasteiger partial charge in [0.25, 0.3) is 0 Å². The molecule has 0 saturated carbocycles. The van der Waals surface area contributed by atoms with Gasteiger partial charge in [0.15, 0.2) is 11.6 Å². The summed E-state index contributed by atoms with van der Waals surface area (Å²) in [6, 6.07) is 1.35. The van der Waals surface area contributed by atoms with Crippen LogP contribution in [0.5, 0.6) is 0 Å². The molecule has 0 aromatic carbocycles. The van der Waals surface area contributed by atoms with Crippen molar-refractivity contribution in [3.05, 3.63) is 48.0 Å². The molecule has 2 atom stereocenters. The van der Waals surface area contributed by atoms with Gasteiger partial charge in [0.05, 0.1) is 31.0 Å². The molecule has 1 saturated heterocycles. The molecule has 21 heavy (non-hydrogen) atoms. The predicted molar refractivity (Wildman–Crippen MR) is 72.7 cm³/mol. The van der Waals surface area contributed by atoms with Crippen LogP contribution in [0.4, 0.5) is 0 Å². The minimum atomic E-state index is -0.683. The van der Waals surface area contributed by atoms with Crippen LogP contribution in [0.1, 0.15) is 11.6 Å². The summed E-state index contributed by atoms with van der Waals surface area (Å²) in [4.78, 5) is 37.2. The molecule has 5 nitrogen and oxygen atoms in total. The lowest BCUT2D eigenvalue weighted by Gasteiger charge is -2.46. The minimum absolute atomic E-state index is 0.149. The SMILES string of the molecule is C#CCN1C(=O)[C@@H](C2=CC(=O)C=CC2=O)[C@@H]1c1ccoc1. The van der Waals surface area contributed by atoms with E-state index in [9.17, 15) is 14.4 Å². The van der Waals surface area contributed by atoms with Crippen LogP contribution in [0.25, 0.3) is 0 Å². The molecule has 0 unspecified atom stereocenters. The van der Waals surface area contributed by atoms with Crippen molar-refractivity contribution in [2.75, 3.05) is 6.54 Å². The Morgan fingerprint density at radius 3 is 2.76 bits per heavy atom. The molecular weight excluding hydrogens is 270 g/mol. The van der Waals surface area contributed by atoms with E-state index < -0.39 is 5.92 Å². The number of nitrogens with zero attached hydrogens (tertiary/aromatic N) is 1. The van der Waals surface area contributed by atoms with Crippen molar-refractivity contribution in [3.63, 3.8) is 0 Å². The highest BCUT2D eigenvalue weighted by Gasteiger charge is 2.51. The maximum atomic E-state index is 12.3. The normalized spacial score (nSPS) is 24.6. The summed E-state index contributed by atoms with van der Waals surface area (Å²) in [7, 11) is 0. The summed E-state index contributed by atoms with van der Waals surface area (Å²) in [6.07, 6.45) is 11.9. The van der Waals surface area contributed by atoms with Crippen LogP contribution in [-0.2, 0) is 14.4 Å². The smallest absolute Gasteiger partial charge is 0.234 e. The van der Waals surface area contributed by atoms with E-state index in [1.165, 1.54) is 35.7 Å². The summed E-state index contributed by atoms with van der Waals surface area (Å²) >= 11 is 0. The third kappa shape index (κ3) is 2.01. The molecule has 1 aromatic rings. The quantitative estimate of drug-likeness (QED) is 0.472. The van der Waals surface area contributed by atoms with Gasteiger partial charge in [0.1, 0.15) is 0 Å². The van der Waals surface area contributed by atoms with E-state index in [4.69, 9.17) is 10.8 Å². The van der Waals surface area contributed by atoms with Crippen LogP contribution in [0.15, 0.2) is 46.8 Å². The zero-order chi connectivity index (χ0) is 15.0. The second kappa shape index (κ2) is 4.91. The number of ketones is 2. The number of carbonyl (C=O) groups is 3. The summed E-state index contributed by atoms with van der Waals surface area (Å²) in [5, 5.41) is 0. The molecule has 1 aliphatic heterocycles. The number of rotatable bonds is 3. The highest BCUT2D eigenvalue weighted by molar-refractivity contribution is 6.20. The van der Waals surface area contributed by atoms with E-state index in [0.29, 0.717) is 0 Å². The van der Waals surface area contributed by atoms with Crippen molar-refractivity contribution in [1.82, 2.24) is 4.90 Å². The van der Waals surface area contributed by atoms with Crippen LogP contribution in [0.3, 0.4) is 0 Å². The molecule has 5 heteroatoms. The van der Waals surface area contributed by atoms with E-state index in [0.717, 1.165) is 5.56 Å². The van der Waals surface area contributed by atoms with E-state index in [1.807, 2.05) is 0 Å². The maximum Gasteiger partial charge on any atom is 0.234 e. The average molecular weight is 281 g/mol. The van der Waals surface area contributed by atoms with Crippen molar-refractivity contribution < 1.29 is 18.8 Å². The molecule has 1 fully saturated rings. The van der Waals surface area contributed by atoms with Gasteiger partial charge in [-0.2, -0.15) is 0 Å². The number of hydrogen-bond acceptors (Lipinski definition) is 4. The number of furan rings is 1. The zero-order valence-corrected chi connectivity index (χ0v) is 11.0. The Labute approximate surface area is 120 Å². The van der Waals surface area contributed by atoms with Gasteiger partial charge in [0, 0.05) is 11.1 Å². The number of likely N-dealkylation sites (tertiary alicyclic amines) is 1. The van der Waals surface area contributed by atoms with Gasteiger partial charge < -0.3 is 9.32 Å². The molecule has 104 valence electrons. The van der Waals surface area contributed by atoms with Crippen molar-refractivity contribution in [3.8, 4) is 12.3 Å². The lowest BCUT2D eigenvalue weighted by Crippen LogP contribution is -2.56. The summed E-state index contributed by atoms with van der Waals surface area (Å²) < 4.78 is 5.04. The molecular formula is C16H11NO4. The molecule has 3 rings (SSSR count). The Kier molecular flexibility index (Phi) is 3.07. The van der Waals surface area contributed by atoms with E-state index in [1.54, 1.807) is 6.07 Å². The molecule has 1 aliphatic carbocycles. The number of carbonyl (C=O) groups excluding carboxylic acids is 3. The predicted octanol–water partition coefficient (Wildman–Crippen LogP) is 1.05. The van der Waals surface area contributed by atoms with Gasteiger partial charge >= 0.3 is 0 Å². The van der Waals surface area contributed by atoms with E-state index >= 15 is 0 Å². The standard InChI is InChI=1S/C16H11NO4/c1-2-6-17-15(10-5-7-21-9-10)14(16(17)20)12-8-11(18)3-4-13(12)19/h1,3-5,7-9,14-15H,6H2/t14-,15-/m0/s1. The van der Waals surface area contributed by atoms with Crippen molar-refractivity contribution >= 4 is 17.5 Å². The Bertz CT molecular complexity index is 718. The summed E-state index contributed by atoms with van der Waals surface area (Å²) in [5.41, 5.74) is 0.970. The Morgan fingerprint density at radius 2 is 2.10 bits per heavy atom. The Hall–Kier alpha value is -2.87. The van der Waals surface area contributed by atoms with Crippen LogP contribution >= 0.6 is 0 Å². The number of β-lactam (4-membered cyclic amide) rings is 1. The van der Waals surface area contributed by atoms with Crippen LogP contribution in [0.2, 0.25) is 0 Å². The molecule has 1 amide bonds. The fraction of sp³-hybridized carbons (Fsp3) is 0.188. The fourth-order valence-corrected chi connectivity index (χ4v) is 2.71. The first kappa shape index (κ1) is 13.1. The van der Waals surface area contributed by atoms with Gasteiger partial charge in [-0.1, -0.05) is 5.92 Å². The molecule has 2 heterocycles. The van der Waals surface area contributed by atoms with Gasteiger partial charge in [-0.3, -0.25) is 14.4 Å². The fourth-order valence-electron chi connectivity index (χ4n) is 2.71. The van der Waals surface area contributed by atoms with E-state index in [2.05, 4.69) is 5.92 Å². The Balaban J connectivity index is 1.98. The third-order valence-corrected chi connectivity index (χ3v) is 3.66. The average Bonchev–Trinajstić information content (AvgIpc) is 2.98. The molecule has 0 bridgehead atoms. The lowest BCUT2D eigenvalue weighted by molar-refractivity contribution is -0.153. The number of allylic oxidation sites excluding steroid dienone is 3. The number of hydrogen-bond donors (Lipinski definition) is 0. The molecule has 0 spiro atoms. The molecule has 2 aliphatic rings. The second-order valence-electron chi connectivity index (χ2n) is 4.85. The Morgan fingerprint density at radius 1 is 1.29 bits per heavy atom. The van der Waals surface area contributed by atoms with Crippen LogP contribution < -0.4 is 0 Å². The highest BCUT2D eigenvalue weighted by Crippen LogP contribution is 2.44. The summed E-state index contributed by atoms with van der Waals surface area (Å²) in [6.45, 7) is 0.149. The molecule has 0 radical (unpaired) electrons. The van der Waals surface area contributed by atoms with Crippen LogP contribution in [0, 0.1) is 18.3 Å². The van der Waals surface area contributed by atoms with Crippen molar-refractivity contribution in [2.45, 2.75) is 6.04 Å². The van der Waals surface area contributed by atoms with Gasteiger partial charge in [0.2, 0.25) is 5.91 Å². The first-order valence-corrected chi connectivity index (χ1v) is 6.37. The zero-order valence-electron chi connectivity index (χ0n) is 11.0. The molecule has 0 N–H and O–H groups in total. The summed E-state index contributed by atoms with van der Waals surface area (Å²) in [5.74, 6) is 0.883. The third-order valence-electron chi connectivity index (χ3n) is 3.66. The largest absolute Gasteiger partial charge is 0.472 e. The minimum Gasteiger partial charge on any atom is -0.472 e. The maximum absolute atomic E-state index is 12.3. The van der Waals surface area contributed by atoms with Crippen molar-refractivity contribution in [2.24, 2.45) is 5.92 Å². The van der Waals surface area contributed by atoms with Crippen LogP contribution in [-0.4, -0.2) is 28.9 Å².